The van der Waals surface area contributed by atoms with Gasteiger partial charge < -0.3 is 9.64 Å². The van der Waals surface area contributed by atoms with Gasteiger partial charge in [-0.15, -0.1) is 0 Å². The van der Waals surface area contributed by atoms with E-state index in [4.69, 9.17) is 21.3 Å². The number of hydrogen-bond donors (Lipinski definition) is 0. The second-order valence-corrected chi connectivity index (χ2v) is 11.0. The molecule has 3 aromatic rings. The summed E-state index contributed by atoms with van der Waals surface area (Å²) in [6, 6.07) is 22.8. The molecule has 1 fully saturated rings. The van der Waals surface area contributed by atoms with Gasteiger partial charge in [-0.05, 0) is 80.1 Å². The molecule has 1 saturated heterocycles. The lowest BCUT2D eigenvalue weighted by molar-refractivity contribution is -0.122. The second-order valence-electron chi connectivity index (χ2n) is 8.55. The number of amidine groups is 1. The Morgan fingerprint density at radius 1 is 0.974 bits per heavy atom. The number of rotatable bonds is 7. The quantitative estimate of drug-likeness (QED) is 0.225. The van der Waals surface area contributed by atoms with Crippen LogP contribution >= 0.6 is 35.1 Å². The first-order chi connectivity index (χ1) is 18.5. The highest BCUT2D eigenvalue weighted by Crippen LogP contribution is 2.51. The maximum Gasteiger partial charge on any atom is 0.338 e. The van der Waals surface area contributed by atoms with Crippen LogP contribution in [0, 0.1) is 0 Å². The van der Waals surface area contributed by atoms with Crippen LogP contribution in [-0.2, 0) is 16.0 Å². The van der Waals surface area contributed by atoms with Crippen LogP contribution in [0.4, 0.5) is 11.4 Å². The summed E-state index contributed by atoms with van der Waals surface area (Å²) >= 11 is 9.26. The number of halogens is 1. The van der Waals surface area contributed by atoms with Crippen LogP contribution in [0.1, 0.15) is 29.8 Å². The molecule has 0 saturated carbocycles. The Morgan fingerprint density at radius 2 is 1.74 bits per heavy atom. The van der Waals surface area contributed by atoms with Crippen LogP contribution in [0.15, 0.2) is 92.6 Å². The lowest BCUT2D eigenvalue weighted by Crippen LogP contribution is -2.32. The molecule has 0 atom stereocenters. The van der Waals surface area contributed by atoms with E-state index >= 15 is 0 Å². The lowest BCUT2D eigenvalue weighted by atomic mass is 10.1. The first kappa shape index (κ1) is 26.4. The number of aliphatic imine (C=N–C) groups is 1. The SMILES string of the molecule is CCOC(=O)c1ccc(N=C2S/C(=C3\Sc4ccc(Cl)cc4N3CC)C(=O)N2CCc2ccccc2)cc1. The van der Waals surface area contributed by atoms with E-state index in [0.717, 1.165) is 21.2 Å². The molecule has 38 heavy (non-hydrogen) atoms. The number of nitrogens with zero attached hydrogens (tertiary/aromatic N) is 3. The van der Waals surface area contributed by atoms with Crippen LogP contribution in [0.3, 0.4) is 0 Å². The van der Waals surface area contributed by atoms with Crippen LogP contribution in [-0.4, -0.2) is 41.6 Å². The Morgan fingerprint density at radius 3 is 2.45 bits per heavy atom. The molecule has 2 aliphatic rings. The molecule has 9 heteroatoms. The van der Waals surface area contributed by atoms with E-state index in [9.17, 15) is 9.59 Å². The van der Waals surface area contributed by atoms with Crippen molar-refractivity contribution in [1.82, 2.24) is 4.90 Å². The van der Waals surface area contributed by atoms with Crippen LogP contribution < -0.4 is 4.90 Å². The number of carbonyl (C=O) groups is 2. The van der Waals surface area contributed by atoms with Crippen molar-refractivity contribution in [3.63, 3.8) is 0 Å². The van der Waals surface area contributed by atoms with E-state index in [1.165, 1.54) is 11.8 Å². The second kappa shape index (κ2) is 11.7. The Bertz CT molecular complexity index is 1420. The van der Waals surface area contributed by atoms with Gasteiger partial charge in [0.05, 0.1) is 23.5 Å². The zero-order valence-electron chi connectivity index (χ0n) is 21.0. The molecule has 0 bridgehead atoms. The van der Waals surface area contributed by atoms with E-state index < -0.39 is 0 Å². The first-order valence-corrected chi connectivity index (χ1v) is 14.4. The molecule has 5 rings (SSSR count). The Balaban J connectivity index is 1.49. The highest BCUT2D eigenvalue weighted by Gasteiger charge is 2.39. The van der Waals surface area contributed by atoms with Crippen molar-refractivity contribution in [3.05, 3.63) is 98.9 Å². The summed E-state index contributed by atoms with van der Waals surface area (Å²) in [5.74, 6) is -0.432. The first-order valence-electron chi connectivity index (χ1n) is 12.4. The van der Waals surface area contributed by atoms with Gasteiger partial charge in [0.25, 0.3) is 5.91 Å². The predicted octanol–water partition coefficient (Wildman–Crippen LogP) is 7.12. The number of benzene rings is 3. The van der Waals surface area contributed by atoms with Crippen molar-refractivity contribution in [2.75, 3.05) is 24.6 Å². The average Bonchev–Trinajstić information content (AvgIpc) is 3.44. The number of ether oxygens (including phenoxy) is 1. The van der Waals surface area contributed by atoms with Gasteiger partial charge >= 0.3 is 5.97 Å². The van der Waals surface area contributed by atoms with Crippen molar-refractivity contribution in [2.45, 2.75) is 25.2 Å². The molecular weight excluding hydrogens is 538 g/mol. The summed E-state index contributed by atoms with van der Waals surface area (Å²) in [6.45, 7) is 5.37. The minimum Gasteiger partial charge on any atom is -0.462 e. The summed E-state index contributed by atoms with van der Waals surface area (Å²) in [5.41, 5.74) is 3.28. The molecule has 0 spiro atoms. The van der Waals surface area contributed by atoms with Crippen molar-refractivity contribution in [3.8, 4) is 0 Å². The standard InChI is InChI=1S/C29H26ClN3O3S2/c1-3-32-23-18-21(30)12-15-24(23)37-27(32)25-26(34)33(17-16-19-8-6-5-7-9-19)29(38-25)31-22-13-10-20(11-14-22)28(35)36-4-2/h5-15,18H,3-4,16-17H2,1-2H3/b27-25-,31-29?. The van der Waals surface area contributed by atoms with Crippen molar-refractivity contribution in [1.29, 1.82) is 0 Å². The van der Waals surface area contributed by atoms with Crippen LogP contribution in [0.25, 0.3) is 0 Å². The molecule has 0 N–H and O–H groups in total. The zero-order valence-corrected chi connectivity index (χ0v) is 23.4. The number of amides is 1. The predicted molar refractivity (Wildman–Crippen MR) is 156 cm³/mol. The third-order valence-corrected chi connectivity index (χ3v) is 8.72. The molecule has 0 aromatic heterocycles. The summed E-state index contributed by atoms with van der Waals surface area (Å²) in [6.07, 6.45) is 0.705. The van der Waals surface area contributed by atoms with Crippen molar-refractivity contribution < 1.29 is 14.3 Å². The van der Waals surface area contributed by atoms with E-state index in [2.05, 4.69) is 24.0 Å². The highest BCUT2D eigenvalue weighted by molar-refractivity contribution is 8.19. The van der Waals surface area contributed by atoms with Crippen LogP contribution in [0.2, 0.25) is 5.02 Å². The number of anilines is 1. The summed E-state index contributed by atoms with van der Waals surface area (Å²) in [7, 11) is 0. The van der Waals surface area contributed by atoms with Crippen molar-refractivity contribution in [2.24, 2.45) is 4.99 Å². The molecule has 0 aliphatic carbocycles. The maximum atomic E-state index is 13.8. The highest BCUT2D eigenvalue weighted by atomic mass is 35.5. The average molecular weight is 564 g/mol. The molecule has 2 aliphatic heterocycles. The smallest absolute Gasteiger partial charge is 0.338 e. The number of fused-ring (bicyclic) bond motifs is 1. The molecule has 0 unspecified atom stereocenters. The van der Waals surface area contributed by atoms with E-state index in [-0.39, 0.29) is 11.9 Å². The van der Waals surface area contributed by atoms with Gasteiger partial charge in [-0.3, -0.25) is 9.69 Å². The Hall–Kier alpha value is -3.20. The monoisotopic (exact) mass is 563 g/mol. The molecule has 6 nitrogen and oxygen atoms in total. The summed E-state index contributed by atoms with van der Waals surface area (Å²) in [5, 5.41) is 2.17. The molecular formula is C29H26ClN3O3S2. The van der Waals surface area contributed by atoms with Gasteiger partial charge in [0.2, 0.25) is 0 Å². The topological polar surface area (TPSA) is 62.2 Å². The lowest BCUT2D eigenvalue weighted by Gasteiger charge is -2.19. The fraction of sp³-hybridized carbons (Fsp3) is 0.207. The summed E-state index contributed by atoms with van der Waals surface area (Å²) in [4.78, 5) is 36.3. The Labute approximate surface area is 235 Å². The molecule has 3 aromatic carbocycles. The van der Waals surface area contributed by atoms with Gasteiger partial charge in [0.1, 0.15) is 9.93 Å². The fourth-order valence-electron chi connectivity index (χ4n) is 4.24. The molecule has 1 amide bonds. The third kappa shape index (κ3) is 5.48. The largest absolute Gasteiger partial charge is 0.462 e. The number of thioether (sulfide) groups is 2. The normalized spacial score (nSPS) is 17.9. The fourth-order valence-corrected chi connectivity index (χ4v) is 6.80. The molecule has 194 valence electrons. The maximum absolute atomic E-state index is 13.8. The van der Waals surface area contributed by atoms with Gasteiger partial charge in [-0.1, -0.05) is 53.7 Å². The number of hydrogen-bond acceptors (Lipinski definition) is 7. The van der Waals surface area contributed by atoms with Gasteiger partial charge in [0, 0.05) is 23.0 Å². The van der Waals surface area contributed by atoms with Gasteiger partial charge in [0.15, 0.2) is 5.17 Å². The van der Waals surface area contributed by atoms with Crippen molar-refractivity contribution >= 4 is 63.5 Å². The summed E-state index contributed by atoms with van der Waals surface area (Å²) < 4.78 is 5.08. The minimum atomic E-state index is -0.369. The van der Waals surface area contributed by atoms with Gasteiger partial charge in [-0.2, -0.15) is 0 Å². The minimum absolute atomic E-state index is 0.0623. The zero-order chi connectivity index (χ0) is 26.6. The van der Waals surface area contributed by atoms with Crippen LogP contribution in [0.5, 0.6) is 0 Å². The van der Waals surface area contributed by atoms with E-state index in [1.807, 2.05) is 36.4 Å². The number of carbonyl (C=O) groups excluding carboxylic acids is 2. The molecule has 2 heterocycles. The van der Waals surface area contributed by atoms with E-state index in [0.29, 0.717) is 52.5 Å². The molecule has 0 radical (unpaired) electrons. The third-order valence-electron chi connectivity index (χ3n) is 6.11. The number of esters is 1. The van der Waals surface area contributed by atoms with Gasteiger partial charge in [-0.25, -0.2) is 9.79 Å². The van der Waals surface area contributed by atoms with E-state index in [1.54, 1.807) is 47.9 Å². The Kier molecular flexibility index (Phi) is 8.12.